The number of nitrogens with one attached hydrogen (secondary N) is 1. The van der Waals surface area contributed by atoms with Gasteiger partial charge in [-0.1, -0.05) is 42.6 Å². The Morgan fingerprint density at radius 1 is 1.06 bits per heavy atom. The van der Waals surface area contributed by atoms with E-state index in [0.29, 0.717) is 30.2 Å². The first-order chi connectivity index (χ1) is 16.3. The molecule has 9 heteroatoms. The van der Waals surface area contributed by atoms with Crippen LogP contribution in [0.1, 0.15) is 48.5 Å². The van der Waals surface area contributed by atoms with E-state index >= 15 is 0 Å². The van der Waals surface area contributed by atoms with Gasteiger partial charge < -0.3 is 9.88 Å². The molecule has 0 unspecified atom stereocenters. The molecule has 0 atom stereocenters. The van der Waals surface area contributed by atoms with E-state index in [1.54, 1.807) is 34.9 Å². The molecule has 1 fully saturated rings. The van der Waals surface area contributed by atoms with Crippen molar-refractivity contribution in [3.05, 3.63) is 75.0 Å². The highest BCUT2D eigenvalue weighted by molar-refractivity contribution is 7.89. The predicted molar refractivity (Wildman–Crippen MR) is 134 cm³/mol. The molecule has 1 aliphatic heterocycles. The topological polar surface area (TPSA) is 88.5 Å². The highest BCUT2D eigenvalue weighted by atomic mass is 35.5. The summed E-state index contributed by atoms with van der Waals surface area (Å²) in [5, 5.41) is 3.49. The van der Waals surface area contributed by atoms with Gasteiger partial charge >= 0.3 is 0 Å². The second-order valence-corrected chi connectivity index (χ2v) is 10.8. The van der Waals surface area contributed by atoms with Crippen molar-refractivity contribution in [3.8, 4) is 0 Å². The molecule has 1 amide bonds. The van der Waals surface area contributed by atoms with Crippen LogP contribution in [0.3, 0.4) is 0 Å². The molecule has 0 aliphatic carbocycles. The van der Waals surface area contributed by atoms with Crippen molar-refractivity contribution in [2.45, 2.75) is 50.6 Å². The number of pyridine rings is 1. The summed E-state index contributed by atoms with van der Waals surface area (Å²) in [6.45, 7) is 3.54. The number of amides is 1. The summed E-state index contributed by atoms with van der Waals surface area (Å²) >= 11 is 6.17. The SMILES string of the molecule is CCn1cc(C(=O)NCc2ccccc2Cl)c(=O)c2cc(S(=O)(=O)N3CCCCCC3)ccc21. The summed E-state index contributed by atoms with van der Waals surface area (Å²) in [7, 11) is -3.73. The smallest absolute Gasteiger partial charge is 0.257 e. The number of aromatic nitrogens is 1. The van der Waals surface area contributed by atoms with Gasteiger partial charge in [0.05, 0.1) is 10.4 Å². The fourth-order valence-electron chi connectivity index (χ4n) is 4.30. The molecule has 1 N–H and O–H groups in total. The molecule has 34 heavy (non-hydrogen) atoms. The minimum absolute atomic E-state index is 0.0364. The van der Waals surface area contributed by atoms with Gasteiger partial charge in [-0.3, -0.25) is 9.59 Å². The summed E-state index contributed by atoms with van der Waals surface area (Å²) < 4.78 is 29.9. The van der Waals surface area contributed by atoms with Crippen molar-refractivity contribution in [1.29, 1.82) is 0 Å². The van der Waals surface area contributed by atoms with Gasteiger partial charge in [0.25, 0.3) is 5.91 Å². The van der Waals surface area contributed by atoms with Crippen molar-refractivity contribution < 1.29 is 13.2 Å². The first-order valence-electron chi connectivity index (χ1n) is 11.5. The lowest BCUT2D eigenvalue weighted by atomic mass is 10.1. The molecular weight excluding hydrogens is 474 g/mol. The van der Waals surface area contributed by atoms with Crippen molar-refractivity contribution in [2.24, 2.45) is 0 Å². The van der Waals surface area contributed by atoms with Gasteiger partial charge in [-0.2, -0.15) is 4.31 Å². The summed E-state index contributed by atoms with van der Waals surface area (Å²) in [6, 6.07) is 11.8. The number of carbonyl (C=O) groups is 1. The van der Waals surface area contributed by atoms with E-state index in [1.165, 1.54) is 16.6 Å². The molecule has 0 spiro atoms. The molecule has 2 heterocycles. The van der Waals surface area contributed by atoms with E-state index in [1.807, 2.05) is 13.0 Å². The zero-order valence-corrected chi connectivity index (χ0v) is 20.7. The Morgan fingerprint density at radius 3 is 2.44 bits per heavy atom. The van der Waals surface area contributed by atoms with Crippen LogP contribution < -0.4 is 10.7 Å². The van der Waals surface area contributed by atoms with Gasteiger partial charge in [0, 0.05) is 42.8 Å². The first kappa shape index (κ1) is 24.4. The predicted octanol–water partition coefficient (Wildman–Crippen LogP) is 4.17. The third-order valence-corrected chi connectivity index (χ3v) is 8.50. The average Bonchev–Trinajstić information content (AvgIpc) is 3.14. The normalized spacial score (nSPS) is 15.2. The van der Waals surface area contributed by atoms with Gasteiger partial charge in [-0.15, -0.1) is 0 Å². The molecule has 4 rings (SSSR count). The molecule has 0 saturated carbocycles. The monoisotopic (exact) mass is 501 g/mol. The molecular formula is C25H28ClN3O4S. The third kappa shape index (κ3) is 4.89. The zero-order valence-electron chi connectivity index (χ0n) is 19.1. The summed E-state index contributed by atoms with van der Waals surface area (Å²) in [4.78, 5) is 26.3. The average molecular weight is 502 g/mol. The number of rotatable bonds is 6. The molecule has 2 aromatic carbocycles. The molecule has 7 nitrogen and oxygen atoms in total. The lowest BCUT2D eigenvalue weighted by Crippen LogP contribution is -2.32. The maximum absolute atomic E-state index is 13.3. The van der Waals surface area contributed by atoms with Gasteiger partial charge in [0.2, 0.25) is 15.5 Å². The lowest BCUT2D eigenvalue weighted by Gasteiger charge is -2.20. The van der Waals surface area contributed by atoms with E-state index in [4.69, 9.17) is 11.6 Å². The molecule has 1 aromatic heterocycles. The highest BCUT2D eigenvalue weighted by Crippen LogP contribution is 2.23. The Balaban J connectivity index is 1.71. The number of nitrogens with zero attached hydrogens (tertiary/aromatic N) is 2. The maximum Gasteiger partial charge on any atom is 0.257 e. The summed E-state index contributed by atoms with van der Waals surface area (Å²) in [5.74, 6) is -0.533. The van der Waals surface area contributed by atoms with Gasteiger partial charge in [-0.05, 0) is 49.6 Å². The number of carbonyl (C=O) groups excluding carboxylic acids is 1. The Morgan fingerprint density at radius 2 is 1.76 bits per heavy atom. The minimum atomic E-state index is -3.73. The Kier molecular flexibility index (Phi) is 7.40. The fourth-order valence-corrected chi connectivity index (χ4v) is 6.05. The number of halogens is 1. The van der Waals surface area contributed by atoms with E-state index in [-0.39, 0.29) is 22.4 Å². The molecule has 3 aromatic rings. The van der Waals surface area contributed by atoms with Gasteiger partial charge in [-0.25, -0.2) is 8.42 Å². The van der Waals surface area contributed by atoms with E-state index in [2.05, 4.69) is 5.32 Å². The molecule has 1 saturated heterocycles. The Labute approximate surface area is 204 Å². The van der Waals surface area contributed by atoms with Gasteiger partial charge in [0.1, 0.15) is 5.56 Å². The molecule has 1 aliphatic rings. The van der Waals surface area contributed by atoms with Crippen LogP contribution in [-0.2, 0) is 23.1 Å². The van der Waals surface area contributed by atoms with Crippen molar-refractivity contribution >= 4 is 38.4 Å². The number of hydrogen-bond donors (Lipinski definition) is 1. The number of benzene rings is 2. The van der Waals surface area contributed by atoms with E-state index < -0.39 is 21.4 Å². The van der Waals surface area contributed by atoms with Crippen LogP contribution in [0.4, 0.5) is 0 Å². The fraction of sp³-hybridized carbons (Fsp3) is 0.360. The molecule has 0 bridgehead atoms. The second kappa shape index (κ2) is 10.3. The van der Waals surface area contributed by atoms with Crippen LogP contribution in [0.15, 0.2) is 58.4 Å². The minimum Gasteiger partial charge on any atom is -0.348 e. The number of fused-ring (bicyclic) bond motifs is 1. The second-order valence-electron chi connectivity index (χ2n) is 8.43. The maximum atomic E-state index is 13.3. The van der Waals surface area contributed by atoms with Crippen molar-refractivity contribution in [2.75, 3.05) is 13.1 Å². The lowest BCUT2D eigenvalue weighted by molar-refractivity contribution is 0.0949. The Bertz CT molecular complexity index is 1380. The van der Waals surface area contributed by atoms with Gasteiger partial charge in [0.15, 0.2) is 0 Å². The number of hydrogen-bond acceptors (Lipinski definition) is 4. The quantitative estimate of drug-likeness (QED) is 0.549. The van der Waals surface area contributed by atoms with Crippen LogP contribution in [-0.4, -0.2) is 36.3 Å². The van der Waals surface area contributed by atoms with E-state index in [9.17, 15) is 18.0 Å². The standard InChI is InChI=1S/C25H28ClN3O4S/c1-2-28-17-21(25(31)27-16-18-9-5-6-10-22(18)26)24(30)20-15-19(11-12-23(20)28)34(32,33)29-13-7-3-4-8-14-29/h5-6,9-12,15,17H,2-4,7-8,13-14,16H2,1H3,(H,27,31). The van der Waals surface area contributed by atoms with Crippen LogP contribution in [0.5, 0.6) is 0 Å². The van der Waals surface area contributed by atoms with E-state index in [0.717, 1.165) is 31.2 Å². The molecule has 0 radical (unpaired) electrons. The zero-order chi connectivity index (χ0) is 24.3. The van der Waals surface area contributed by atoms with Crippen molar-refractivity contribution in [3.63, 3.8) is 0 Å². The van der Waals surface area contributed by atoms with Crippen LogP contribution in [0, 0.1) is 0 Å². The number of aryl methyl sites for hydroxylation is 1. The first-order valence-corrected chi connectivity index (χ1v) is 13.3. The van der Waals surface area contributed by atoms with Crippen LogP contribution in [0.25, 0.3) is 10.9 Å². The van der Waals surface area contributed by atoms with Crippen molar-refractivity contribution in [1.82, 2.24) is 14.2 Å². The summed E-state index contributed by atoms with van der Waals surface area (Å²) in [6.07, 6.45) is 5.20. The largest absolute Gasteiger partial charge is 0.348 e. The number of sulfonamides is 1. The highest BCUT2D eigenvalue weighted by Gasteiger charge is 2.26. The van der Waals surface area contributed by atoms with Crippen LogP contribution in [0.2, 0.25) is 5.02 Å². The third-order valence-electron chi connectivity index (χ3n) is 6.24. The summed E-state index contributed by atoms with van der Waals surface area (Å²) in [5.41, 5.74) is 0.792. The molecule has 180 valence electrons. The Hall–Kier alpha value is -2.68. The van der Waals surface area contributed by atoms with Crippen LogP contribution >= 0.6 is 11.6 Å².